The number of amides is 3. The number of urea groups is 1. The average Bonchev–Trinajstić information content (AvgIpc) is 3.48. The van der Waals surface area contributed by atoms with Gasteiger partial charge in [-0.25, -0.2) is 4.79 Å². The van der Waals surface area contributed by atoms with E-state index in [0.29, 0.717) is 43.5 Å². The van der Waals surface area contributed by atoms with Crippen LogP contribution in [0.4, 0.5) is 10.5 Å². The van der Waals surface area contributed by atoms with E-state index in [2.05, 4.69) is 15.5 Å². The molecule has 3 aromatic rings. The number of benzene rings is 2. The monoisotopic (exact) mass is 445 g/mol. The summed E-state index contributed by atoms with van der Waals surface area (Å²) in [6.07, 6.45) is 0. The summed E-state index contributed by atoms with van der Waals surface area (Å²) in [4.78, 5) is 34.5. The number of rotatable bonds is 3. The van der Waals surface area contributed by atoms with Crippen molar-refractivity contribution in [3.8, 4) is 0 Å². The third kappa shape index (κ3) is 3.75. The van der Waals surface area contributed by atoms with Crippen LogP contribution < -0.4 is 5.32 Å². The molecule has 2 saturated heterocycles. The van der Waals surface area contributed by atoms with Gasteiger partial charge in [-0.1, -0.05) is 41.1 Å². The van der Waals surface area contributed by atoms with Gasteiger partial charge in [-0.15, -0.1) is 0 Å². The molecule has 0 saturated carbocycles. The van der Waals surface area contributed by atoms with Gasteiger partial charge < -0.3 is 19.6 Å². The summed E-state index contributed by atoms with van der Waals surface area (Å²) in [6.45, 7) is 7.67. The quantitative estimate of drug-likeness (QED) is 0.666. The molecule has 0 radical (unpaired) electrons. The minimum absolute atomic E-state index is 0.00915. The van der Waals surface area contributed by atoms with Crippen molar-refractivity contribution in [1.82, 2.24) is 19.9 Å². The summed E-state index contributed by atoms with van der Waals surface area (Å²) in [5, 5.41) is 7.04. The summed E-state index contributed by atoms with van der Waals surface area (Å²) in [7, 11) is 0. The fourth-order valence-corrected chi connectivity index (χ4v) is 5.09. The Labute approximate surface area is 192 Å². The molecule has 1 N–H and O–H groups in total. The fourth-order valence-electron chi connectivity index (χ4n) is 5.09. The van der Waals surface area contributed by atoms with Crippen LogP contribution in [0, 0.1) is 26.7 Å². The Bertz CT molecular complexity index is 1210. The number of nitrogens with one attached hydrogen (secondary N) is 1. The molecular weight excluding hydrogens is 418 g/mol. The lowest BCUT2D eigenvalue weighted by atomic mass is 9.81. The minimum Gasteiger partial charge on any atom is -0.339 e. The third-order valence-corrected chi connectivity index (χ3v) is 6.78. The standard InChI is InChI=1S/C25H27N5O3/c1-16-9-10-21(17(2)11-16)27-24(32)30-13-20-12-29(22(31)19-7-5-4-6-8-19)14-25(20,15-30)23-26-18(3)28-33-23/h4-11,20H,12-15H2,1-3H3,(H,27,32)/t20-,25-/m1/s1. The molecule has 8 nitrogen and oxygen atoms in total. The third-order valence-electron chi connectivity index (χ3n) is 6.78. The van der Waals surface area contributed by atoms with Gasteiger partial charge in [0.15, 0.2) is 5.82 Å². The maximum absolute atomic E-state index is 13.2. The van der Waals surface area contributed by atoms with Crippen molar-refractivity contribution in [3.63, 3.8) is 0 Å². The molecule has 2 aliphatic heterocycles. The summed E-state index contributed by atoms with van der Waals surface area (Å²) in [5.74, 6) is 1.03. The molecule has 8 heteroatoms. The van der Waals surface area contributed by atoms with Crippen LogP contribution in [0.2, 0.25) is 0 Å². The van der Waals surface area contributed by atoms with Crippen molar-refractivity contribution >= 4 is 17.6 Å². The molecule has 1 aromatic heterocycles. The first-order valence-electron chi connectivity index (χ1n) is 11.1. The van der Waals surface area contributed by atoms with Gasteiger partial charge in [0.2, 0.25) is 5.89 Å². The molecule has 2 atom stereocenters. The van der Waals surface area contributed by atoms with E-state index in [1.807, 2.05) is 67.3 Å². The predicted octanol–water partition coefficient (Wildman–Crippen LogP) is 3.55. The van der Waals surface area contributed by atoms with Crippen molar-refractivity contribution in [2.45, 2.75) is 26.2 Å². The van der Waals surface area contributed by atoms with Crippen molar-refractivity contribution in [1.29, 1.82) is 0 Å². The maximum atomic E-state index is 13.2. The smallest absolute Gasteiger partial charge is 0.321 e. The van der Waals surface area contributed by atoms with Gasteiger partial charge >= 0.3 is 6.03 Å². The Balaban J connectivity index is 1.39. The molecule has 2 fully saturated rings. The zero-order chi connectivity index (χ0) is 23.2. The van der Waals surface area contributed by atoms with E-state index < -0.39 is 5.41 Å². The molecule has 3 heterocycles. The normalized spacial score (nSPS) is 21.8. The zero-order valence-electron chi connectivity index (χ0n) is 19.0. The Morgan fingerprint density at radius 3 is 2.45 bits per heavy atom. The number of fused-ring (bicyclic) bond motifs is 1. The van der Waals surface area contributed by atoms with Crippen LogP contribution in [0.15, 0.2) is 53.1 Å². The first-order valence-corrected chi connectivity index (χ1v) is 11.1. The predicted molar refractivity (Wildman–Crippen MR) is 123 cm³/mol. The fraction of sp³-hybridized carbons (Fsp3) is 0.360. The van der Waals surface area contributed by atoms with Gasteiger partial charge in [0.05, 0.1) is 5.41 Å². The van der Waals surface area contributed by atoms with Crippen LogP contribution in [0.1, 0.15) is 33.2 Å². The van der Waals surface area contributed by atoms with E-state index in [0.717, 1.165) is 16.8 Å². The van der Waals surface area contributed by atoms with E-state index in [1.54, 1.807) is 11.8 Å². The molecule has 3 amide bonds. The summed E-state index contributed by atoms with van der Waals surface area (Å²) in [5.41, 5.74) is 3.04. The molecule has 0 unspecified atom stereocenters. The van der Waals surface area contributed by atoms with Gasteiger partial charge in [-0.2, -0.15) is 4.98 Å². The number of carbonyl (C=O) groups is 2. The van der Waals surface area contributed by atoms with Crippen LogP contribution in [-0.2, 0) is 5.41 Å². The van der Waals surface area contributed by atoms with Gasteiger partial charge in [0.25, 0.3) is 5.91 Å². The van der Waals surface area contributed by atoms with Crippen LogP contribution in [0.25, 0.3) is 0 Å². The number of anilines is 1. The highest BCUT2D eigenvalue weighted by Crippen LogP contribution is 2.45. The lowest BCUT2D eigenvalue weighted by Crippen LogP contribution is -2.42. The van der Waals surface area contributed by atoms with E-state index >= 15 is 0 Å². The number of hydrogen-bond acceptors (Lipinski definition) is 5. The minimum atomic E-state index is -0.578. The zero-order valence-corrected chi connectivity index (χ0v) is 19.0. The number of hydrogen-bond donors (Lipinski definition) is 1. The largest absolute Gasteiger partial charge is 0.339 e. The second kappa shape index (κ2) is 8.03. The van der Waals surface area contributed by atoms with Gasteiger partial charge in [-0.3, -0.25) is 4.79 Å². The molecule has 2 aromatic carbocycles. The van der Waals surface area contributed by atoms with E-state index in [4.69, 9.17) is 4.52 Å². The maximum Gasteiger partial charge on any atom is 0.321 e. The lowest BCUT2D eigenvalue weighted by molar-refractivity contribution is 0.0770. The molecule has 170 valence electrons. The van der Waals surface area contributed by atoms with Gasteiger partial charge in [0.1, 0.15) is 0 Å². The lowest BCUT2D eigenvalue weighted by Gasteiger charge is -2.26. The molecule has 33 heavy (non-hydrogen) atoms. The molecule has 0 aliphatic carbocycles. The molecule has 0 bridgehead atoms. The highest BCUT2D eigenvalue weighted by Gasteiger charge is 2.58. The Morgan fingerprint density at radius 2 is 1.76 bits per heavy atom. The van der Waals surface area contributed by atoms with E-state index in [9.17, 15) is 9.59 Å². The number of nitrogens with zero attached hydrogens (tertiary/aromatic N) is 4. The van der Waals surface area contributed by atoms with Crippen LogP contribution in [-0.4, -0.2) is 58.1 Å². The highest BCUT2D eigenvalue weighted by atomic mass is 16.5. The molecule has 2 aliphatic rings. The number of aryl methyl sites for hydroxylation is 3. The van der Waals surface area contributed by atoms with E-state index in [1.165, 1.54) is 0 Å². The average molecular weight is 446 g/mol. The Hall–Kier alpha value is -3.68. The first kappa shape index (κ1) is 21.2. The van der Waals surface area contributed by atoms with E-state index in [-0.39, 0.29) is 17.9 Å². The molecule has 5 rings (SSSR count). The topological polar surface area (TPSA) is 91.6 Å². The number of likely N-dealkylation sites (tertiary alicyclic amines) is 2. The summed E-state index contributed by atoms with van der Waals surface area (Å²) in [6, 6.07) is 15.1. The van der Waals surface area contributed by atoms with Crippen LogP contribution in [0.3, 0.4) is 0 Å². The van der Waals surface area contributed by atoms with Gasteiger partial charge in [-0.05, 0) is 44.5 Å². The number of carbonyl (C=O) groups excluding carboxylic acids is 2. The van der Waals surface area contributed by atoms with Crippen molar-refractivity contribution in [3.05, 3.63) is 76.9 Å². The Kier molecular flexibility index (Phi) is 5.15. The molecule has 0 spiro atoms. The summed E-state index contributed by atoms with van der Waals surface area (Å²) >= 11 is 0. The highest BCUT2D eigenvalue weighted by molar-refractivity contribution is 5.95. The van der Waals surface area contributed by atoms with Crippen LogP contribution >= 0.6 is 0 Å². The van der Waals surface area contributed by atoms with Crippen molar-refractivity contribution < 1.29 is 14.1 Å². The second-order valence-electron chi connectivity index (χ2n) is 9.18. The molecular formula is C25H27N5O3. The van der Waals surface area contributed by atoms with Crippen molar-refractivity contribution in [2.24, 2.45) is 5.92 Å². The number of aromatic nitrogens is 2. The SMILES string of the molecule is Cc1ccc(NC(=O)N2C[C@H]3CN(C(=O)c4ccccc4)C[C@@]3(c3nc(C)no3)C2)c(C)c1. The first-order chi connectivity index (χ1) is 15.9. The van der Waals surface area contributed by atoms with Crippen molar-refractivity contribution in [2.75, 3.05) is 31.5 Å². The Morgan fingerprint density at radius 1 is 1.03 bits per heavy atom. The second-order valence-corrected chi connectivity index (χ2v) is 9.18. The van der Waals surface area contributed by atoms with Crippen LogP contribution in [0.5, 0.6) is 0 Å². The summed E-state index contributed by atoms with van der Waals surface area (Å²) < 4.78 is 5.61. The van der Waals surface area contributed by atoms with Gasteiger partial charge in [0, 0.05) is 43.3 Å².